The first-order valence-electron chi connectivity index (χ1n) is 6.46. The van der Waals surface area contributed by atoms with Crippen LogP contribution in [0.15, 0.2) is 17.5 Å². The van der Waals surface area contributed by atoms with Crippen molar-refractivity contribution in [2.75, 3.05) is 13.1 Å². The normalized spacial score (nSPS) is 14.3. The van der Waals surface area contributed by atoms with E-state index in [9.17, 15) is 9.90 Å². The molecule has 0 aromatic carbocycles. The third-order valence-corrected chi connectivity index (χ3v) is 3.60. The maximum Gasteiger partial charge on any atom is 0.200 e. The lowest BCUT2D eigenvalue weighted by Gasteiger charge is -2.24. The number of aliphatic hydroxyl groups is 1. The van der Waals surface area contributed by atoms with Crippen LogP contribution in [-0.4, -0.2) is 44.0 Å². The molecule has 3 N–H and O–H groups in total. The number of carbonyl (C=O) groups is 1. The van der Waals surface area contributed by atoms with Crippen LogP contribution in [-0.2, 0) is 6.42 Å². The first-order chi connectivity index (χ1) is 8.99. The summed E-state index contributed by atoms with van der Waals surface area (Å²) in [5, 5.41) is 17.9. The molecular formula is C13H21BN2O2S. The fourth-order valence-corrected chi connectivity index (χ4v) is 2.54. The van der Waals surface area contributed by atoms with Crippen molar-refractivity contribution in [2.24, 2.45) is 5.92 Å². The molecule has 0 fully saturated rings. The van der Waals surface area contributed by atoms with Crippen LogP contribution in [0.4, 0.5) is 4.79 Å². The highest BCUT2D eigenvalue weighted by molar-refractivity contribution is 7.09. The Morgan fingerprint density at radius 2 is 2.21 bits per heavy atom. The van der Waals surface area contributed by atoms with Gasteiger partial charge in [-0.3, -0.25) is 4.79 Å². The Morgan fingerprint density at radius 3 is 2.74 bits per heavy atom. The highest BCUT2D eigenvalue weighted by Crippen LogP contribution is 2.12. The lowest BCUT2D eigenvalue weighted by atomic mass is 10.0. The highest BCUT2D eigenvalue weighted by atomic mass is 32.1. The summed E-state index contributed by atoms with van der Waals surface area (Å²) in [7, 11) is 5.16. The first kappa shape index (κ1) is 16.2. The van der Waals surface area contributed by atoms with Gasteiger partial charge in [0.1, 0.15) is 0 Å². The van der Waals surface area contributed by atoms with E-state index in [1.54, 1.807) is 11.3 Å². The van der Waals surface area contributed by atoms with Gasteiger partial charge in [-0.1, -0.05) is 19.9 Å². The predicted molar refractivity (Wildman–Crippen MR) is 79.8 cm³/mol. The molecule has 0 saturated heterocycles. The van der Waals surface area contributed by atoms with Gasteiger partial charge in [0.15, 0.2) is 5.81 Å². The molecule has 6 heteroatoms. The van der Waals surface area contributed by atoms with Crippen molar-refractivity contribution in [3.8, 4) is 0 Å². The molecule has 0 saturated carbocycles. The molecule has 4 nitrogen and oxygen atoms in total. The lowest BCUT2D eigenvalue weighted by Crippen LogP contribution is -2.48. The van der Waals surface area contributed by atoms with Crippen molar-refractivity contribution in [3.05, 3.63) is 22.4 Å². The smallest absolute Gasteiger partial charge is 0.200 e. The van der Waals surface area contributed by atoms with Crippen molar-refractivity contribution in [1.29, 1.82) is 0 Å². The standard InChI is InChI=1S/C13H21BN2O2S/c1-9(2)7-15-8-12(17)11(16-13(14)18)6-10-4-3-5-19-10/h3-5,9,11-12,15,17H,6-8H2,1-2H3,(H,16,18)/t11-,12+/m1/s1. The average Bonchev–Trinajstić information content (AvgIpc) is 2.79. The van der Waals surface area contributed by atoms with E-state index in [1.165, 1.54) is 0 Å². The fourth-order valence-electron chi connectivity index (χ4n) is 1.77. The van der Waals surface area contributed by atoms with E-state index in [4.69, 9.17) is 7.85 Å². The van der Waals surface area contributed by atoms with Crippen LogP contribution in [0, 0.1) is 5.92 Å². The van der Waals surface area contributed by atoms with Gasteiger partial charge in [0.2, 0.25) is 7.85 Å². The molecular weight excluding hydrogens is 259 g/mol. The van der Waals surface area contributed by atoms with E-state index in [0.29, 0.717) is 18.9 Å². The molecule has 0 aliphatic heterocycles. The first-order valence-corrected chi connectivity index (χ1v) is 7.34. The summed E-state index contributed by atoms with van der Waals surface area (Å²) in [6.45, 7) is 5.47. The Kier molecular flexibility index (Phi) is 7.12. The quantitative estimate of drug-likeness (QED) is 0.626. The van der Waals surface area contributed by atoms with Crippen molar-refractivity contribution in [2.45, 2.75) is 32.4 Å². The molecule has 1 aromatic rings. The third-order valence-electron chi connectivity index (χ3n) is 2.70. The molecule has 0 unspecified atom stereocenters. The Bertz CT molecular complexity index is 371. The Balaban J connectivity index is 2.49. The Hall–Kier alpha value is -0.845. The van der Waals surface area contributed by atoms with Gasteiger partial charge in [-0.25, -0.2) is 0 Å². The molecule has 19 heavy (non-hydrogen) atoms. The van der Waals surface area contributed by atoms with E-state index in [2.05, 4.69) is 24.5 Å². The zero-order valence-electron chi connectivity index (χ0n) is 11.4. The molecule has 2 atom stereocenters. The van der Waals surface area contributed by atoms with Gasteiger partial charge in [0.05, 0.1) is 12.1 Å². The molecule has 1 rings (SSSR count). The van der Waals surface area contributed by atoms with Gasteiger partial charge in [-0.2, -0.15) is 0 Å². The molecule has 104 valence electrons. The van der Waals surface area contributed by atoms with Gasteiger partial charge in [-0.15, -0.1) is 11.3 Å². The van der Waals surface area contributed by atoms with E-state index in [1.807, 2.05) is 17.5 Å². The monoisotopic (exact) mass is 280 g/mol. The van der Waals surface area contributed by atoms with Gasteiger partial charge < -0.3 is 15.7 Å². The maximum absolute atomic E-state index is 11.0. The number of hydrogen-bond donors (Lipinski definition) is 3. The number of hydrogen-bond acceptors (Lipinski definition) is 4. The summed E-state index contributed by atoms with van der Waals surface area (Å²) in [6.07, 6.45) is -0.0705. The largest absolute Gasteiger partial charge is 0.390 e. The van der Waals surface area contributed by atoms with E-state index < -0.39 is 11.9 Å². The van der Waals surface area contributed by atoms with E-state index in [0.717, 1.165) is 11.4 Å². The number of rotatable bonds is 8. The zero-order chi connectivity index (χ0) is 14.3. The SMILES string of the molecule is [B]C(=O)N[C@H](Cc1cccs1)[C@@H](O)CNCC(C)C. The minimum atomic E-state index is -0.659. The van der Waals surface area contributed by atoms with Crippen LogP contribution >= 0.6 is 11.3 Å². The van der Waals surface area contributed by atoms with Crippen molar-refractivity contribution in [1.82, 2.24) is 10.6 Å². The lowest BCUT2D eigenvalue weighted by molar-refractivity contribution is 0.129. The minimum Gasteiger partial charge on any atom is -0.390 e. The molecule has 1 aromatic heterocycles. The van der Waals surface area contributed by atoms with Crippen molar-refractivity contribution in [3.63, 3.8) is 0 Å². The molecule has 1 heterocycles. The van der Waals surface area contributed by atoms with Crippen molar-refractivity contribution < 1.29 is 9.90 Å². The van der Waals surface area contributed by atoms with Crippen LogP contribution < -0.4 is 10.6 Å². The Morgan fingerprint density at radius 1 is 1.47 bits per heavy atom. The molecule has 0 spiro atoms. The molecule has 0 aliphatic rings. The van der Waals surface area contributed by atoms with Crippen molar-refractivity contribution >= 4 is 25.0 Å². The molecule has 0 aliphatic carbocycles. The number of amides is 1. The van der Waals surface area contributed by atoms with Crippen LogP contribution in [0.1, 0.15) is 18.7 Å². The van der Waals surface area contributed by atoms with Crippen LogP contribution in [0.25, 0.3) is 0 Å². The maximum atomic E-state index is 11.0. The molecule has 2 radical (unpaired) electrons. The molecule has 1 amide bonds. The number of aliphatic hydroxyl groups excluding tert-OH is 1. The third kappa shape index (κ3) is 6.75. The molecule has 0 bridgehead atoms. The summed E-state index contributed by atoms with van der Waals surface area (Å²) in [4.78, 5) is 12.1. The van der Waals surface area contributed by atoms with Gasteiger partial charge in [0, 0.05) is 17.8 Å². The van der Waals surface area contributed by atoms with Crippen LogP contribution in [0.5, 0.6) is 0 Å². The predicted octanol–water partition coefficient (Wildman–Crippen LogP) is 1.14. The Labute approximate surface area is 120 Å². The summed E-state index contributed by atoms with van der Waals surface area (Å²) >= 11 is 1.60. The second-order valence-corrected chi connectivity index (χ2v) is 6.05. The average molecular weight is 280 g/mol. The zero-order valence-corrected chi connectivity index (χ0v) is 12.2. The topological polar surface area (TPSA) is 61.4 Å². The van der Waals surface area contributed by atoms with Gasteiger partial charge in [0.25, 0.3) is 0 Å². The fraction of sp³-hybridized carbons (Fsp3) is 0.615. The van der Waals surface area contributed by atoms with Gasteiger partial charge in [-0.05, 0) is 23.9 Å². The minimum absolute atomic E-state index is 0.365. The number of thiophene rings is 1. The number of carbonyl (C=O) groups excluding carboxylic acids is 1. The summed E-state index contributed by atoms with van der Waals surface area (Å²) < 4.78 is 0. The second kappa shape index (κ2) is 8.35. The summed E-state index contributed by atoms with van der Waals surface area (Å²) in [6, 6.07) is 3.56. The van der Waals surface area contributed by atoms with Crippen LogP contribution in [0.2, 0.25) is 0 Å². The number of nitrogens with one attached hydrogen (secondary N) is 2. The second-order valence-electron chi connectivity index (χ2n) is 5.02. The van der Waals surface area contributed by atoms with Crippen LogP contribution in [0.3, 0.4) is 0 Å². The van der Waals surface area contributed by atoms with Gasteiger partial charge >= 0.3 is 0 Å². The summed E-state index contributed by atoms with van der Waals surface area (Å²) in [5.41, 5.74) is 0. The van der Waals surface area contributed by atoms with E-state index >= 15 is 0 Å². The summed E-state index contributed by atoms with van der Waals surface area (Å²) in [5.74, 6) is -0.0866. The highest BCUT2D eigenvalue weighted by Gasteiger charge is 2.20. The van der Waals surface area contributed by atoms with E-state index in [-0.39, 0.29) is 6.04 Å².